The van der Waals surface area contributed by atoms with Gasteiger partial charge in [0, 0.05) is 12.8 Å². The topological polar surface area (TPSA) is 135 Å². The van der Waals surface area contributed by atoms with E-state index < -0.39 is 24.3 Å². The first-order chi connectivity index (χ1) is 31.7. The third-order valence-corrected chi connectivity index (χ3v) is 13.7. The number of Topliss-reactive ketones (excluding diaryl/α,β-unsaturated/α-hetero) is 2. The molecule has 0 saturated carbocycles. The van der Waals surface area contributed by atoms with Crippen molar-refractivity contribution in [2.24, 2.45) is 17.8 Å². The van der Waals surface area contributed by atoms with Gasteiger partial charge in [-0.3, -0.25) is 19.2 Å². The highest BCUT2D eigenvalue weighted by Crippen LogP contribution is 2.45. The van der Waals surface area contributed by atoms with E-state index in [1.165, 1.54) is 52.1 Å². The summed E-state index contributed by atoms with van der Waals surface area (Å²) in [6.45, 7) is 23.0. The number of benzene rings is 3. The number of ketones is 2. The van der Waals surface area contributed by atoms with Gasteiger partial charge >= 0.3 is 11.9 Å². The van der Waals surface area contributed by atoms with E-state index in [1.54, 1.807) is 38.3 Å². The predicted molar refractivity (Wildman–Crippen MR) is 266 cm³/mol. The first-order valence-electron chi connectivity index (χ1n) is 24.7. The summed E-state index contributed by atoms with van der Waals surface area (Å²) in [5, 5.41) is 10.1. The fourth-order valence-electron chi connectivity index (χ4n) is 9.55. The Bertz CT molecular complexity index is 2180. The van der Waals surface area contributed by atoms with Gasteiger partial charge in [0.2, 0.25) is 0 Å². The lowest BCUT2D eigenvalue weighted by Crippen LogP contribution is -2.37. The summed E-state index contributed by atoms with van der Waals surface area (Å²) in [5.41, 5.74) is 5.63. The fraction of sp³-hybridized carbons (Fsp3) is 0.579. The normalized spacial score (nSPS) is 15.8. The van der Waals surface area contributed by atoms with E-state index in [-0.39, 0.29) is 47.9 Å². The molecule has 4 rings (SSSR count). The van der Waals surface area contributed by atoms with Crippen LogP contribution in [-0.4, -0.2) is 48.4 Å². The summed E-state index contributed by atoms with van der Waals surface area (Å²) >= 11 is 0. The number of methoxy groups -OCH3 is 2. The molecule has 3 aromatic rings. The Kier molecular flexibility index (Phi) is 21.0. The Labute approximate surface area is 401 Å². The van der Waals surface area contributed by atoms with Gasteiger partial charge in [0.25, 0.3) is 0 Å². The van der Waals surface area contributed by atoms with E-state index in [9.17, 15) is 24.3 Å². The Morgan fingerprint density at radius 1 is 0.731 bits per heavy atom. The molecular weight excluding hydrogens is 845 g/mol. The molecule has 1 aliphatic rings. The van der Waals surface area contributed by atoms with Crippen LogP contribution in [0.5, 0.6) is 28.7 Å². The summed E-state index contributed by atoms with van der Waals surface area (Å²) in [6.07, 6.45) is 13.3. The lowest BCUT2D eigenvalue weighted by atomic mass is 9.79. The minimum absolute atomic E-state index is 0.145. The SMILES string of the molecule is C=C(C)Oc1ccc(CCC(=O)CC(=O)CCc2ccc(OC(=O)C(CC(=O)O)c3c(C)c(C)c4c(c3C)CCC(C)(CCCC(C)CCCC(C)CCCC(C)C)O4)c(OC)c2)cc1OC. The molecule has 4 atom stereocenters. The number of aryl methyl sites for hydroxylation is 2. The number of hydrogen-bond donors (Lipinski definition) is 1. The van der Waals surface area contributed by atoms with Crippen LogP contribution in [0.4, 0.5) is 0 Å². The molecular formula is C57H80O10. The van der Waals surface area contributed by atoms with Crippen molar-refractivity contribution in [3.8, 4) is 28.7 Å². The Hall–Kier alpha value is -5.12. The minimum atomic E-state index is -1.11. The summed E-state index contributed by atoms with van der Waals surface area (Å²) in [6, 6.07) is 10.5. The van der Waals surface area contributed by atoms with Gasteiger partial charge in [-0.15, -0.1) is 0 Å². The zero-order valence-corrected chi connectivity index (χ0v) is 42.6. The quantitative estimate of drug-likeness (QED) is 0.0310. The number of carbonyl (C=O) groups excluding carboxylic acids is 3. The number of esters is 1. The molecule has 10 nitrogen and oxygen atoms in total. The van der Waals surface area contributed by atoms with Gasteiger partial charge < -0.3 is 28.8 Å². The maximum atomic E-state index is 14.1. The molecule has 0 fully saturated rings. The van der Waals surface area contributed by atoms with E-state index in [4.69, 9.17) is 23.7 Å². The first-order valence-corrected chi connectivity index (χ1v) is 24.7. The molecule has 0 saturated heterocycles. The van der Waals surface area contributed by atoms with Crippen LogP contribution in [0.25, 0.3) is 0 Å². The average molecular weight is 925 g/mol. The second kappa shape index (κ2) is 25.9. The Morgan fingerprint density at radius 3 is 1.76 bits per heavy atom. The highest BCUT2D eigenvalue weighted by molar-refractivity contribution is 5.99. The van der Waals surface area contributed by atoms with Gasteiger partial charge in [-0.25, -0.2) is 0 Å². The van der Waals surface area contributed by atoms with Crippen molar-refractivity contribution in [1.82, 2.24) is 0 Å². The molecule has 1 N–H and O–H groups in total. The molecule has 67 heavy (non-hydrogen) atoms. The first kappa shape index (κ1) is 54.5. The van der Waals surface area contributed by atoms with E-state index in [0.717, 1.165) is 76.6 Å². The van der Waals surface area contributed by atoms with E-state index in [0.29, 0.717) is 41.6 Å². The van der Waals surface area contributed by atoms with Gasteiger partial charge in [0.05, 0.1) is 38.7 Å². The molecule has 0 bridgehead atoms. The number of carboxylic acids is 1. The van der Waals surface area contributed by atoms with Crippen LogP contribution in [0.3, 0.4) is 0 Å². The predicted octanol–water partition coefficient (Wildman–Crippen LogP) is 13.3. The van der Waals surface area contributed by atoms with Crippen molar-refractivity contribution in [1.29, 1.82) is 0 Å². The van der Waals surface area contributed by atoms with Crippen molar-refractivity contribution < 1.29 is 48.0 Å². The summed E-state index contributed by atoms with van der Waals surface area (Å²) in [4.78, 5) is 52.1. The summed E-state index contributed by atoms with van der Waals surface area (Å²) in [5.74, 6) is 1.94. The van der Waals surface area contributed by atoms with Crippen molar-refractivity contribution >= 4 is 23.5 Å². The summed E-state index contributed by atoms with van der Waals surface area (Å²) < 4.78 is 29.4. The Balaban J connectivity index is 1.35. The summed E-state index contributed by atoms with van der Waals surface area (Å²) in [7, 11) is 3.00. The van der Waals surface area contributed by atoms with Crippen LogP contribution in [0.2, 0.25) is 0 Å². The third-order valence-electron chi connectivity index (χ3n) is 13.7. The number of aliphatic carboxylic acids is 1. The van der Waals surface area contributed by atoms with Crippen LogP contribution >= 0.6 is 0 Å². The average Bonchev–Trinajstić information content (AvgIpc) is 3.26. The van der Waals surface area contributed by atoms with Crippen molar-refractivity contribution in [2.45, 2.75) is 183 Å². The molecule has 0 spiro atoms. The van der Waals surface area contributed by atoms with Gasteiger partial charge in [-0.2, -0.15) is 0 Å². The van der Waals surface area contributed by atoms with Crippen molar-refractivity contribution in [3.05, 3.63) is 87.7 Å². The van der Waals surface area contributed by atoms with Crippen LogP contribution in [0.1, 0.15) is 176 Å². The fourth-order valence-corrected chi connectivity index (χ4v) is 9.55. The van der Waals surface area contributed by atoms with Gasteiger partial charge in [0.1, 0.15) is 22.9 Å². The zero-order valence-electron chi connectivity index (χ0n) is 42.6. The zero-order chi connectivity index (χ0) is 49.4. The van der Waals surface area contributed by atoms with E-state index >= 15 is 0 Å². The van der Waals surface area contributed by atoms with Crippen LogP contribution in [-0.2, 0) is 38.4 Å². The maximum absolute atomic E-state index is 14.1. The molecule has 0 radical (unpaired) electrons. The standard InChI is InChI=1S/C57H80O10/c1-36(2)16-13-17-38(5)18-14-19-39(6)20-15-30-57(10)31-29-47-42(9)54(40(7)41(8)55(47)67-57)48(35-53(60)61)56(62)66-50-28-24-44(33-52(50)64-12)22-26-46(59)34-45(58)25-21-43-23-27-49(65-37(3)4)51(32-43)63-11/h23-24,27-28,32-33,36,38-39,48H,3,13-22,25-26,29-31,34-35H2,1-2,4-12H3,(H,60,61). The van der Waals surface area contributed by atoms with Gasteiger partial charge in [0.15, 0.2) is 23.0 Å². The Morgan fingerprint density at radius 2 is 1.25 bits per heavy atom. The van der Waals surface area contributed by atoms with Gasteiger partial charge in [-0.1, -0.05) is 91.4 Å². The second-order valence-corrected chi connectivity index (χ2v) is 20.1. The molecule has 1 heterocycles. The van der Waals surface area contributed by atoms with E-state index in [1.807, 2.05) is 32.9 Å². The lowest BCUT2D eigenvalue weighted by molar-refractivity contribution is -0.143. The van der Waals surface area contributed by atoms with E-state index in [2.05, 4.69) is 41.2 Å². The largest absolute Gasteiger partial charge is 0.493 e. The molecule has 368 valence electrons. The molecule has 1 aliphatic heterocycles. The van der Waals surface area contributed by atoms with Crippen molar-refractivity contribution in [3.63, 3.8) is 0 Å². The molecule has 0 amide bonds. The van der Waals surface area contributed by atoms with Crippen LogP contribution < -0.4 is 23.7 Å². The number of ether oxygens (including phenoxy) is 5. The maximum Gasteiger partial charge on any atom is 0.319 e. The van der Waals surface area contributed by atoms with Crippen LogP contribution in [0.15, 0.2) is 48.7 Å². The molecule has 0 aromatic heterocycles. The number of fused-ring (bicyclic) bond motifs is 1. The third kappa shape index (κ3) is 16.6. The number of carbonyl (C=O) groups is 4. The van der Waals surface area contributed by atoms with Gasteiger partial charge in [-0.05, 0) is 154 Å². The minimum Gasteiger partial charge on any atom is -0.493 e. The molecule has 0 aliphatic carbocycles. The highest BCUT2D eigenvalue weighted by Gasteiger charge is 2.37. The van der Waals surface area contributed by atoms with Crippen molar-refractivity contribution in [2.75, 3.05) is 14.2 Å². The smallest absolute Gasteiger partial charge is 0.319 e. The molecule has 10 heteroatoms. The molecule has 4 unspecified atom stereocenters. The highest BCUT2D eigenvalue weighted by atomic mass is 16.6. The number of carboxylic acid groups (broad SMARTS) is 1. The second-order valence-electron chi connectivity index (χ2n) is 20.1. The number of hydrogen-bond acceptors (Lipinski definition) is 9. The van der Waals surface area contributed by atoms with Crippen LogP contribution in [0, 0.1) is 38.5 Å². The number of allylic oxidation sites excluding steroid dienone is 1. The molecule has 3 aromatic carbocycles. The monoisotopic (exact) mass is 925 g/mol. The number of rotatable bonds is 29. The lowest BCUT2D eigenvalue weighted by Gasteiger charge is -2.39.